The minimum Gasteiger partial charge on any atom is -0.312 e. The van der Waals surface area contributed by atoms with E-state index in [4.69, 9.17) is 11.6 Å². The number of carbonyl (C=O) groups is 1. The predicted molar refractivity (Wildman–Crippen MR) is 93.9 cm³/mol. The van der Waals surface area contributed by atoms with E-state index in [0.29, 0.717) is 5.91 Å². The van der Waals surface area contributed by atoms with E-state index in [1.165, 1.54) is 25.7 Å². The summed E-state index contributed by atoms with van der Waals surface area (Å²) < 4.78 is 0. The highest BCUT2D eigenvalue weighted by atomic mass is 35.5. The molecule has 1 aromatic carbocycles. The van der Waals surface area contributed by atoms with Crippen LogP contribution in [0.2, 0.25) is 5.02 Å². The van der Waals surface area contributed by atoms with Gasteiger partial charge in [-0.25, -0.2) is 0 Å². The summed E-state index contributed by atoms with van der Waals surface area (Å²) in [5.74, 6) is 0.339. The molecule has 4 rings (SSSR count). The van der Waals surface area contributed by atoms with E-state index in [-0.39, 0.29) is 5.41 Å². The van der Waals surface area contributed by atoms with Gasteiger partial charge in [0.2, 0.25) is 5.91 Å². The molecule has 3 fully saturated rings. The van der Waals surface area contributed by atoms with E-state index in [1.54, 1.807) is 0 Å². The quantitative estimate of drug-likeness (QED) is 0.814. The molecule has 1 spiro atoms. The molecule has 1 aromatic rings. The van der Waals surface area contributed by atoms with E-state index in [1.807, 2.05) is 29.2 Å². The average molecular weight is 333 g/mol. The van der Waals surface area contributed by atoms with Gasteiger partial charge in [-0.3, -0.25) is 4.79 Å². The Hall–Kier alpha value is -1.06. The Morgan fingerprint density at radius 2 is 1.57 bits per heavy atom. The molecular weight excluding hydrogens is 308 g/mol. The number of nitrogens with zero attached hydrogens (tertiary/aromatic N) is 2. The first-order valence-corrected chi connectivity index (χ1v) is 9.37. The van der Waals surface area contributed by atoms with Gasteiger partial charge >= 0.3 is 0 Å². The van der Waals surface area contributed by atoms with Crippen LogP contribution in [0.5, 0.6) is 0 Å². The average Bonchev–Trinajstić information content (AvgIpc) is 3.20. The molecule has 4 heteroatoms. The number of benzene rings is 1. The Morgan fingerprint density at radius 1 is 0.957 bits per heavy atom. The van der Waals surface area contributed by atoms with Crippen molar-refractivity contribution in [2.45, 2.75) is 51.0 Å². The van der Waals surface area contributed by atoms with Gasteiger partial charge < -0.3 is 9.80 Å². The third-order valence-electron chi connectivity index (χ3n) is 6.25. The van der Waals surface area contributed by atoms with Gasteiger partial charge in [-0.05, 0) is 69.5 Å². The second kappa shape index (κ2) is 6.10. The minimum atomic E-state index is -0.102. The maximum Gasteiger partial charge on any atom is 0.233 e. The molecule has 2 saturated heterocycles. The Balaban J connectivity index is 1.44. The molecule has 3 nitrogen and oxygen atoms in total. The second-order valence-electron chi connectivity index (χ2n) is 7.44. The van der Waals surface area contributed by atoms with Crippen LogP contribution in [0.25, 0.3) is 0 Å². The van der Waals surface area contributed by atoms with Crippen molar-refractivity contribution in [2.24, 2.45) is 5.41 Å². The summed E-state index contributed by atoms with van der Waals surface area (Å²) in [6, 6.07) is 8.46. The zero-order chi connectivity index (χ0) is 15.9. The molecule has 124 valence electrons. The van der Waals surface area contributed by atoms with Gasteiger partial charge in [-0.15, -0.1) is 0 Å². The Labute approximate surface area is 143 Å². The van der Waals surface area contributed by atoms with Crippen LogP contribution in [-0.4, -0.2) is 36.5 Å². The maximum absolute atomic E-state index is 13.1. The number of anilines is 1. The monoisotopic (exact) mass is 332 g/mol. The number of carbonyl (C=O) groups excluding carboxylic acids is 1. The van der Waals surface area contributed by atoms with Crippen molar-refractivity contribution < 1.29 is 4.79 Å². The molecule has 2 aliphatic heterocycles. The largest absolute Gasteiger partial charge is 0.312 e. The standard InChI is InChI=1S/C19H25ClN2O/c20-15-5-7-17(8-6-15)22-14-11-19(18(22)23)9-12-21(13-10-19)16-3-1-2-4-16/h5-8,16H,1-4,9-14H2. The van der Waals surface area contributed by atoms with Crippen LogP contribution in [0, 0.1) is 5.41 Å². The Morgan fingerprint density at radius 3 is 2.22 bits per heavy atom. The lowest BCUT2D eigenvalue weighted by Crippen LogP contribution is -2.47. The van der Waals surface area contributed by atoms with Crippen LogP contribution in [-0.2, 0) is 4.79 Å². The molecule has 0 radical (unpaired) electrons. The van der Waals surface area contributed by atoms with E-state index in [0.717, 1.165) is 55.6 Å². The van der Waals surface area contributed by atoms with Crippen molar-refractivity contribution in [3.63, 3.8) is 0 Å². The van der Waals surface area contributed by atoms with Gasteiger partial charge in [0.05, 0.1) is 5.41 Å². The zero-order valence-electron chi connectivity index (χ0n) is 13.6. The Kier molecular flexibility index (Phi) is 4.10. The lowest BCUT2D eigenvalue weighted by Gasteiger charge is -2.40. The Bertz CT molecular complexity index is 572. The first-order chi connectivity index (χ1) is 11.2. The summed E-state index contributed by atoms with van der Waals surface area (Å²) in [6.45, 7) is 3.06. The highest BCUT2D eigenvalue weighted by molar-refractivity contribution is 6.30. The molecule has 1 saturated carbocycles. The highest BCUT2D eigenvalue weighted by Gasteiger charge is 2.49. The normalized spacial score (nSPS) is 25.6. The van der Waals surface area contributed by atoms with Crippen LogP contribution >= 0.6 is 11.6 Å². The number of likely N-dealkylation sites (tertiary alicyclic amines) is 1. The molecule has 1 amide bonds. The number of piperidine rings is 1. The maximum atomic E-state index is 13.1. The molecule has 2 heterocycles. The third kappa shape index (κ3) is 2.78. The molecule has 0 N–H and O–H groups in total. The SMILES string of the molecule is O=C1N(c2ccc(Cl)cc2)CCC12CCN(C1CCCC1)CC2. The lowest BCUT2D eigenvalue weighted by molar-refractivity contribution is -0.128. The van der Waals surface area contributed by atoms with Crippen LogP contribution in [0.3, 0.4) is 0 Å². The summed E-state index contributed by atoms with van der Waals surface area (Å²) in [5, 5.41) is 0.722. The molecule has 0 atom stereocenters. The summed E-state index contributed by atoms with van der Waals surface area (Å²) in [6.07, 6.45) is 8.56. The van der Waals surface area contributed by atoms with Crippen LogP contribution < -0.4 is 4.90 Å². The van der Waals surface area contributed by atoms with E-state index in [2.05, 4.69) is 4.90 Å². The van der Waals surface area contributed by atoms with Crippen molar-refractivity contribution in [1.29, 1.82) is 0 Å². The lowest BCUT2D eigenvalue weighted by atomic mass is 9.76. The van der Waals surface area contributed by atoms with Crippen molar-refractivity contribution >= 4 is 23.2 Å². The number of hydrogen-bond donors (Lipinski definition) is 0. The minimum absolute atomic E-state index is 0.102. The van der Waals surface area contributed by atoms with Crippen molar-refractivity contribution in [3.8, 4) is 0 Å². The van der Waals surface area contributed by atoms with Crippen LogP contribution in [0.4, 0.5) is 5.69 Å². The first-order valence-electron chi connectivity index (χ1n) is 9.00. The smallest absolute Gasteiger partial charge is 0.233 e. The summed E-state index contributed by atoms with van der Waals surface area (Å²) in [4.78, 5) is 17.7. The fraction of sp³-hybridized carbons (Fsp3) is 0.632. The summed E-state index contributed by atoms with van der Waals surface area (Å²) in [5.41, 5.74) is 0.892. The predicted octanol–water partition coefficient (Wildman–Crippen LogP) is 4.10. The number of rotatable bonds is 2. The van der Waals surface area contributed by atoms with E-state index in [9.17, 15) is 4.79 Å². The zero-order valence-corrected chi connectivity index (χ0v) is 14.4. The van der Waals surface area contributed by atoms with Gasteiger partial charge in [0, 0.05) is 23.3 Å². The number of amides is 1. The summed E-state index contributed by atoms with van der Waals surface area (Å²) >= 11 is 5.97. The van der Waals surface area contributed by atoms with Crippen molar-refractivity contribution in [3.05, 3.63) is 29.3 Å². The molecule has 0 aromatic heterocycles. The number of halogens is 1. The van der Waals surface area contributed by atoms with Gasteiger partial charge in [-0.1, -0.05) is 24.4 Å². The fourth-order valence-corrected chi connectivity index (χ4v) is 4.86. The number of hydrogen-bond acceptors (Lipinski definition) is 2. The van der Waals surface area contributed by atoms with E-state index >= 15 is 0 Å². The van der Waals surface area contributed by atoms with Gasteiger partial charge in [0.15, 0.2) is 0 Å². The van der Waals surface area contributed by atoms with Gasteiger partial charge in [-0.2, -0.15) is 0 Å². The van der Waals surface area contributed by atoms with Crippen LogP contribution in [0.15, 0.2) is 24.3 Å². The summed E-state index contributed by atoms with van der Waals surface area (Å²) in [7, 11) is 0. The van der Waals surface area contributed by atoms with Crippen molar-refractivity contribution in [1.82, 2.24) is 4.90 Å². The fourth-order valence-electron chi connectivity index (χ4n) is 4.74. The molecular formula is C19H25ClN2O. The van der Waals surface area contributed by atoms with Gasteiger partial charge in [0.1, 0.15) is 0 Å². The molecule has 23 heavy (non-hydrogen) atoms. The van der Waals surface area contributed by atoms with Crippen molar-refractivity contribution in [2.75, 3.05) is 24.5 Å². The van der Waals surface area contributed by atoms with Crippen LogP contribution in [0.1, 0.15) is 44.9 Å². The van der Waals surface area contributed by atoms with E-state index < -0.39 is 0 Å². The highest BCUT2D eigenvalue weighted by Crippen LogP contribution is 2.44. The molecule has 3 aliphatic rings. The molecule has 0 bridgehead atoms. The van der Waals surface area contributed by atoms with Gasteiger partial charge in [0.25, 0.3) is 0 Å². The third-order valence-corrected chi connectivity index (χ3v) is 6.50. The topological polar surface area (TPSA) is 23.6 Å². The molecule has 1 aliphatic carbocycles. The first kappa shape index (κ1) is 15.5. The molecule has 0 unspecified atom stereocenters. The second-order valence-corrected chi connectivity index (χ2v) is 7.87.